The molecule has 0 radical (unpaired) electrons. The third-order valence-corrected chi connectivity index (χ3v) is 10.0. The standard InChI is InChI=1S/C35H60N6O10/c1-23(2)27-7-6-8-28(27)34(50)25(5)37-35(51)29(24(3)4)17-26(42)18-36-30(43)19-38-9-11-39(20-31(44)45)13-15-41(22-33(48)49)16-14-40(12-10-38)21-32(46)47/h23-25,27-29H,6-22H2,1-5H3,(H,36,43)(H,37,51)(H,44,45)(H,46,47)(H,48,49)/t25-,27+,28?,29?/m1/s1. The fourth-order valence-corrected chi connectivity index (χ4v) is 7.04. The summed E-state index contributed by atoms with van der Waals surface area (Å²) in [5.41, 5.74) is 0. The molecule has 1 saturated carbocycles. The number of nitrogens with zero attached hydrogens (tertiary/aromatic N) is 4. The molecule has 2 rings (SSSR count). The number of Topliss-reactive ketones (excluding diaryl/α,β-unsaturated/α-hetero) is 2. The van der Waals surface area contributed by atoms with Gasteiger partial charge in [-0.25, -0.2) is 0 Å². The molecule has 0 aromatic heterocycles. The fraction of sp³-hybridized carbons (Fsp3) is 0.800. The Morgan fingerprint density at radius 3 is 1.47 bits per heavy atom. The van der Waals surface area contributed by atoms with E-state index in [-0.39, 0.29) is 121 Å². The summed E-state index contributed by atoms with van der Waals surface area (Å²) < 4.78 is 0. The molecule has 16 heteroatoms. The Morgan fingerprint density at radius 1 is 0.647 bits per heavy atom. The van der Waals surface area contributed by atoms with E-state index in [0.717, 1.165) is 19.3 Å². The van der Waals surface area contributed by atoms with Gasteiger partial charge in [-0.2, -0.15) is 0 Å². The van der Waals surface area contributed by atoms with Crippen molar-refractivity contribution in [1.29, 1.82) is 0 Å². The highest BCUT2D eigenvalue weighted by molar-refractivity contribution is 5.94. The van der Waals surface area contributed by atoms with Crippen LogP contribution in [0.25, 0.3) is 0 Å². The van der Waals surface area contributed by atoms with Crippen LogP contribution in [0.15, 0.2) is 0 Å². The molecule has 2 aliphatic rings. The van der Waals surface area contributed by atoms with Gasteiger partial charge in [-0.05, 0) is 37.5 Å². The molecular formula is C35H60N6O10. The van der Waals surface area contributed by atoms with Gasteiger partial charge in [0, 0.05) is 70.6 Å². The molecule has 0 aromatic rings. The second kappa shape index (κ2) is 21.8. The smallest absolute Gasteiger partial charge is 0.317 e. The Balaban J connectivity index is 2.00. The van der Waals surface area contributed by atoms with Gasteiger partial charge >= 0.3 is 17.9 Å². The normalized spacial score (nSPS) is 21.7. The van der Waals surface area contributed by atoms with Crippen LogP contribution in [0.4, 0.5) is 0 Å². The van der Waals surface area contributed by atoms with Crippen molar-refractivity contribution in [2.24, 2.45) is 29.6 Å². The first kappa shape index (κ1) is 43.7. The van der Waals surface area contributed by atoms with E-state index in [1.165, 1.54) is 0 Å². The topological polar surface area (TPSA) is 217 Å². The summed E-state index contributed by atoms with van der Waals surface area (Å²) in [4.78, 5) is 93.7. The lowest BCUT2D eigenvalue weighted by Gasteiger charge is -2.32. The van der Waals surface area contributed by atoms with Gasteiger partial charge in [-0.15, -0.1) is 0 Å². The number of aliphatic carboxylic acids is 3. The molecule has 2 amide bonds. The summed E-state index contributed by atoms with van der Waals surface area (Å²) in [6.45, 7) is 10.4. The summed E-state index contributed by atoms with van der Waals surface area (Å²) in [5, 5.41) is 33.6. The number of rotatable bonds is 18. The minimum Gasteiger partial charge on any atom is -0.480 e. The number of hydrogen-bond acceptors (Lipinski definition) is 11. The largest absolute Gasteiger partial charge is 0.480 e. The quantitative estimate of drug-likeness (QED) is 0.125. The van der Waals surface area contributed by atoms with Crippen molar-refractivity contribution >= 4 is 41.3 Å². The van der Waals surface area contributed by atoms with Crippen LogP contribution in [0.3, 0.4) is 0 Å². The van der Waals surface area contributed by atoms with Gasteiger partial charge in [-0.3, -0.25) is 53.2 Å². The van der Waals surface area contributed by atoms with E-state index in [1.807, 2.05) is 13.8 Å². The van der Waals surface area contributed by atoms with E-state index in [0.29, 0.717) is 11.8 Å². The van der Waals surface area contributed by atoms with Crippen LogP contribution in [-0.4, -0.2) is 167 Å². The Hall–Kier alpha value is -3.47. The van der Waals surface area contributed by atoms with Crippen LogP contribution in [0.2, 0.25) is 0 Å². The monoisotopic (exact) mass is 724 g/mol. The molecule has 2 unspecified atom stereocenters. The van der Waals surface area contributed by atoms with Gasteiger partial charge in [-0.1, -0.05) is 34.1 Å². The van der Waals surface area contributed by atoms with Crippen LogP contribution >= 0.6 is 0 Å². The summed E-state index contributed by atoms with van der Waals surface area (Å²) in [6.07, 6.45) is 2.70. The van der Waals surface area contributed by atoms with E-state index in [2.05, 4.69) is 24.5 Å². The van der Waals surface area contributed by atoms with Gasteiger partial charge in [0.05, 0.1) is 38.8 Å². The van der Waals surface area contributed by atoms with Crippen molar-refractivity contribution in [3.05, 3.63) is 0 Å². The average molecular weight is 725 g/mol. The zero-order valence-corrected chi connectivity index (χ0v) is 31.0. The van der Waals surface area contributed by atoms with Gasteiger partial charge in [0.1, 0.15) is 0 Å². The van der Waals surface area contributed by atoms with Crippen LogP contribution in [0.1, 0.15) is 60.3 Å². The van der Waals surface area contributed by atoms with Crippen LogP contribution in [0, 0.1) is 29.6 Å². The van der Waals surface area contributed by atoms with Gasteiger partial charge in [0.25, 0.3) is 0 Å². The SMILES string of the molecule is CC(C)C(CC(=O)CNC(=O)CN1CCN(CC(=O)O)CCN(CC(=O)O)CCN(CC(=O)O)CC1)C(=O)N[C@H](C)C(=O)C1CCC[C@H]1C(C)C. The minimum atomic E-state index is -1.05. The highest BCUT2D eigenvalue weighted by Gasteiger charge is 2.38. The van der Waals surface area contributed by atoms with Gasteiger partial charge in [0.2, 0.25) is 11.8 Å². The van der Waals surface area contributed by atoms with Crippen LogP contribution in [0.5, 0.6) is 0 Å². The molecule has 1 aliphatic heterocycles. The highest BCUT2D eigenvalue weighted by Crippen LogP contribution is 2.38. The average Bonchev–Trinajstić information content (AvgIpc) is 3.53. The zero-order valence-electron chi connectivity index (χ0n) is 31.0. The molecule has 1 heterocycles. The number of nitrogens with one attached hydrogen (secondary N) is 2. The molecular weight excluding hydrogens is 664 g/mol. The number of carboxylic acids is 3. The zero-order chi connectivity index (χ0) is 38.2. The van der Waals surface area contributed by atoms with Crippen molar-refractivity contribution in [3.8, 4) is 0 Å². The Labute approximate surface area is 301 Å². The molecule has 2 fully saturated rings. The number of carbonyl (C=O) groups is 7. The molecule has 5 N–H and O–H groups in total. The van der Waals surface area contributed by atoms with Crippen molar-refractivity contribution in [3.63, 3.8) is 0 Å². The molecule has 4 atom stereocenters. The second-order valence-electron chi connectivity index (χ2n) is 14.7. The summed E-state index contributed by atoms with van der Waals surface area (Å²) >= 11 is 0. The lowest BCUT2D eigenvalue weighted by atomic mass is 9.81. The highest BCUT2D eigenvalue weighted by atomic mass is 16.4. The number of ketones is 2. The summed E-state index contributed by atoms with van der Waals surface area (Å²) in [7, 11) is 0. The van der Waals surface area contributed by atoms with E-state index < -0.39 is 35.8 Å². The molecule has 16 nitrogen and oxygen atoms in total. The molecule has 0 spiro atoms. The fourth-order valence-electron chi connectivity index (χ4n) is 7.04. The minimum absolute atomic E-state index is 0.0275. The Morgan fingerprint density at radius 2 is 1.08 bits per heavy atom. The number of carboxylic acid groups (broad SMARTS) is 3. The van der Waals surface area contributed by atoms with E-state index >= 15 is 0 Å². The van der Waals surface area contributed by atoms with Crippen molar-refractivity contribution < 1.29 is 48.9 Å². The van der Waals surface area contributed by atoms with Crippen molar-refractivity contribution in [2.45, 2.75) is 66.3 Å². The van der Waals surface area contributed by atoms with Crippen molar-refractivity contribution in [1.82, 2.24) is 30.2 Å². The summed E-state index contributed by atoms with van der Waals surface area (Å²) in [5.74, 6) is -4.57. The molecule has 290 valence electrons. The van der Waals surface area contributed by atoms with Gasteiger partial charge in [0.15, 0.2) is 11.6 Å². The molecule has 1 saturated heterocycles. The molecule has 0 aromatic carbocycles. The first-order valence-electron chi connectivity index (χ1n) is 18.1. The predicted molar refractivity (Wildman–Crippen MR) is 188 cm³/mol. The van der Waals surface area contributed by atoms with E-state index in [4.69, 9.17) is 0 Å². The third kappa shape index (κ3) is 16.2. The predicted octanol–water partition coefficient (Wildman–Crippen LogP) is -0.0445. The molecule has 51 heavy (non-hydrogen) atoms. The summed E-state index contributed by atoms with van der Waals surface area (Å²) in [6, 6.07) is -0.667. The Kier molecular flexibility index (Phi) is 18.7. The number of carbonyl (C=O) groups excluding carboxylic acids is 4. The number of amides is 2. The third-order valence-electron chi connectivity index (χ3n) is 10.0. The second-order valence-corrected chi connectivity index (χ2v) is 14.7. The van der Waals surface area contributed by atoms with E-state index in [9.17, 15) is 48.9 Å². The lowest BCUT2D eigenvalue weighted by Crippen LogP contribution is -2.50. The van der Waals surface area contributed by atoms with Crippen LogP contribution < -0.4 is 10.6 Å². The first-order chi connectivity index (χ1) is 24.0. The lowest BCUT2D eigenvalue weighted by molar-refractivity contribution is -0.140. The van der Waals surface area contributed by atoms with E-state index in [1.54, 1.807) is 26.5 Å². The number of hydrogen-bond donors (Lipinski definition) is 5. The first-order valence-corrected chi connectivity index (χ1v) is 18.1. The maximum atomic E-state index is 13.3. The Bertz CT molecular complexity index is 1180. The van der Waals surface area contributed by atoms with Crippen LogP contribution in [-0.2, 0) is 33.6 Å². The van der Waals surface area contributed by atoms with Gasteiger partial charge < -0.3 is 26.0 Å². The maximum Gasteiger partial charge on any atom is 0.317 e. The van der Waals surface area contributed by atoms with Crippen molar-refractivity contribution in [2.75, 3.05) is 85.1 Å². The maximum absolute atomic E-state index is 13.3. The molecule has 1 aliphatic carbocycles. The molecule has 0 bridgehead atoms.